The van der Waals surface area contributed by atoms with Gasteiger partial charge in [0.15, 0.2) is 6.29 Å². The summed E-state index contributed by atoms with van der Waals surface area (Å²) in [6.45, 7) is 11.5. The number of rotatable bonds is 7. The molecule has 0 amide bonds. The van der Waals surface area contributed by atoms with Gasteiger partial charge in [-0.3, -0.25) is 15.6 Å². The second kappa shape index (κ2) is 14.8. The molecule has 44 heavy (non-hydrogen) atoms. The third-order valence-electron chi connectivity index (χ3n) is 7.75. The molecule has 234 valence electrons. The third kappa shape index (κ3) is 8.52. The molecule has 1 aliphatic rings. The van der Waals surface area contributed by atoms with E-state index in [1.807, 2.05) is 17.9 Å². The van der Waals surface area contributed by atoms with Crippen LogP contribution in [0.2, 0.25) is 0 Å². The van der Waals surface area contributed by atoms with Gasteiger partial charge < -0.3 is 14.7 Å². The van der Waals surface area contributed by atoms with Gasteiger partial charge in [0, 0.05) is 44.5 Å². The number of piperazine rings is 1. The number of hydrogen-bond acceptors (Lipinski definition) is 7. The number of aromatic nitrogens is 2. The number of allylic oxidation sites excluding steroid dienone is 1. The van der Waals surface area contributed by atoms with Gasteiger partial charge in [-0.25, -0.2) is 9.97 Å². The standard InChI is InChI=1S/C23H25F3N6O.C10H15N/c1-14-12-31(8-9-32(14)20-11-29-19(13-33)10-30-20)22(28)16(3)15(2)21(27)17-4-6-18(7-5-17)23(24,25)26;1-9(2)11(3)10-7-5-4-6-8-10/h4-7,10-11,13-14,27-28H,8-9,12H2,1-3H3;4-9H,1-3H3/b16-15-,27-21?,28-22?;. The van der Waals surface area contributed by atoms with Crippen molar-refractivity contribution in [3.63, 3.8) is 0 Å². The molecule has 0 bridgehead atoms. The van der Waals surface area contributed by atoms with E-state index in [1.165, 1.54) is 24.0 Å². The number of hydrogen-bond donors (Lipinski definition) is 2. The highest BCUT2D eigenvalue weighted by Crippen LogP contribution is 2.29. The SMILES string of the molecule is C/C(C(=N)c1ccc(C(F)(F)F)cc1)=C(\C)C(=N)N1CCN(c2cnc(C=O)cn2)C(C)C1.CC(C)N(C)c1ccccc1. The highest BCUT2D eigenvalue weighted by molar-refractivity contribution is 6.14. The normalized spacial score (nSPS) is 15.6. The molecule has 3 aromatic rings. The molecule has 1 saturated heterocycles. The maximum absolute atomic E-state index is 12.8. The fraction of sp³-hybridized carbons (Fsp3) is 0.364. The van der Waals surface area contributed by atoms with Gasteiger partial charge in [0.25, 0.3) is 0 Å². The molecule has 11 heteroatoms. The van der Waals surface area contributed by atoms with Crippen molar-refractivity contribution in [1.29, 1.82) is 10.8 Å². The van der Waals surface area contributed by atoms with Crippen molar-refractivity contribution in [2.45, 2.75) is 52.9 Å². The van der Waals surface area contributed by atoms with E-state index in [0.29, 0.717) is 54.5 Å². The van der Waals surface area contributed by atoms with E-state index in [0.717, 1.165) is 12.1 Å². The van der Waals surface area contributed by atoms with Crippen LogP contribution in [0.4, 0.5) is 24.7 Å². The number of nitrogens with zero attached hydrogens (tertiary/aromatic N) is 5. The predicted molar refractivity (Wildman–Crippen MR) is 170 cm³/mol. The molecular weight excluding hydrogens is 567 g/mol. The maximum atomic E-state index is 12.8. The Morgan fingerprint density at radius 2 is 1.61 bits per heavy atom. The van der Waals surface area contributed by atoms with Crippen molar-refractivity contribution < 1.29 is 18.0 Å². The largest absolute Gasteiger partial charge is 0.416 e. The molecule has 0 radical (unpaired) electrons. The molecule has 2 aromatic carbocycles. The molecular formula is C33H40F3N7O. The Morgan fingerprint density at radius 3 is 2.11 bits per heavy atom. The average Bonchev–Trinajstić information content (AvgIpc) is 3.03. The van der Waals surface area contributed by atoms with Gasteiger partial charge in [0.2, 0.25) is 0 Å². The maximum Gasteiger partial charge on any atom is 0.416 e. The first kappa shape index (κ1) is 34.0. The lowest BCUT2D eigenvalue weighted by Gasteiger charge is -2.41. The minimum atomic E-state index is -4.43. The second-order valence-corrected chi connectivity index (χ2v) is 11.0. The van der Waals surface area contributed by atoms with Crippen LogP contribution in [0, 0.1) is 10.8 Å². The summed E-state index contributed by atoms with van der Waals surface area (Å²) in [7, 11) is 2.11. The smallest absolute Gasteiger partial charge is 0.372 e. The Balaban J connectivity index is 0.000000404. The fourth-order valence-electron chi connectivity index (χ4n) is 4.65. The summed E-state index contributed by atoms with van der Waals surface area (Å²) in [5, 5.41) is 17.1. The number of aldehydes is 1. The van der Waals surface area contributed by atoms with Gasteiger partial charge in [-0.05, 0) is 75.6 Å². The zero-order chi connectivity index (χ0) is 32.6. The molecule has 8 nitrogen and oxygen atoms in total. The summed E-state index contributed by atoms with van der Waals surface area (Å²) in [4.78, 5) is 25.3. The first-order valence-electron chi connectivity index (χ1n) is 14.3. The van der Waals surface area contributed by atoms with E-state index >= 15 is 0 Å². The lowest BCUT2D eigenvalue weighted by molar-refractivity contribution is -0.137. The number of carbonyl (C=O) groups is 1. The quantitative estimate of drug-likeness (QED) is 0.176. The van der Waals surface area contributed by atoms with Crippen molar-refractivity contribution in [1.82, 2.24) is 14.9 Å². The van der Waals surface area contributed by atoms with E-state index in [9.17, 15) is 18.0 Å². The van der Waals surface area contributed by atoms with Gasteiger partial charge in [0.05, 0.1) is 23.7 Å². The summed E-state index contributed by atoms with van der Waals surface area (Å²) >= 11 is 0. The first-order chi connectivity index (χ1) is 20.7. The number of benzene rings is 2. The van der Waals surface area contributed by atoms with Crippen LogP contribution in [0.3, 0.4) is 0 Å². The number of para-hydroxylation sites is 1. The van der Waals surface area contributed by atoms with Crippen LogP contribution in [0.5, 0.6) is 0 Å². The lowest BCUT2D eigenvalue weighted by atomic mass is 9.97. The van der Waals surface area contributed by atoms with E-state index in [4.69, 9.17) is 10.8 Å². The fourth-order valence-corrected chi connectivity index (χ4v) is 4.65. The minimum absolute atomic E-state index is 0.0259. The molecule has 1 atom stereocenters. The summed E-state index contributed by atoms with van der Waals surface area (Å²) in [5.74, 6) is 0.935. The van der Waals surface area contributed by atoms with Crippen LogP contribution in [-0.2, 0) is 6.18 Å². The van der Waals surface area contributed by atoms with Crippen molar-refractivity contribution in [3.8, 4) is 0 Å². The number of carbonyl (C=O) groups excluding carboxylic acids is 1. The van der Waals surface area contributed by atoms with Crippen molar-refractivity contribution in [2.24, 2.45) is 0 Å². The number of halogens is 3. The summed E-state index contributed by atoms with van der Waals surface area (Å²) in [6, 6.07) is 15.5. The Labute approximate surface area is 257 Å². The molecule has 2 heterocycles. The molecule has 2 N–H and O–H groups in total. The second-order valence-electron chi connectivity index (χ2n) is 11.0. The molecule has 1 aliphatic heterocycles. The molecule has 0 spiro atoms. The molecule has 0 saturated carbocycles. The van der Waals surface area contributed by atoms with Gasteiger partial charge in [-0.2, -0.15) is 13.2 Å². The molecule has 4 rings (SSSR count). The average molecular weight is 608 g/mol. The van der Waals surface area contributed by atoms with Gasteiger partial charge in [-0.15, -0.1) is 0 Å². The molecule has 1 unspecified atom stereocenters. The van der Waals surface area contributed by atoms with Gasteiger partial charge in [0.1, 0.15) is 17.3 Å². The Hall–Kier alpha value is -4.54. The Bertz CT molecular complexity index is 1450. The van der Waals surface area contributed by atoms with E-state index in [2.05, 4.69) is 64.9 Å². The van der Waals surface area contributed by atoms with Crippen LogP contribution in [0.25, 0.3) is 0 Å². The summed E-state index contributed by atoms with van der Waals surface area (Å²) in [6.07, 6.45) is -0.807. The Morgan fingerprint density at radius 1 is 0.977 bits per heavy atom. The van der Waals surface area contributed by atoms with Crippen LogP contribution < -0.4 is 9.80 Å². The number of amidine groups is 1. The zero-order valence-electron chi connectivity index (χ0n) is 26.0. The first-order valence-corrected chi connectivity index (χ1v) is 14.3. The summed E-state index contributed by atoms with van der Waals surface area (Å²) in [5.41, 5.74) is 2.36. The molecule has 0 aliphatic carbocycles. The monoisotopic (exact) mass is 607 g/mol. The molecule has 1 fully saturated rings. The number of alkyl halides is 3. The topological polar surface area (TPSA) is 100 Å². The lowest BCUT2D eigenvalue weighted by Crippen LogP contribution is -2.54. The van der Waals surface area contributed by atoms with E-state index in [1.54, 1.807) is 20.0 Å². The van der Waals surface area contributed by atoms with Crippen LogP contribution >= 0.6 is 0 Å². The highest BCUT2D eigenvalue weighted by Gasteiger charge is 2.30. The van der Waals surface area contributed by atoms with Crippen molar-refractivity contribution >= 4 is 29.3 Å². The molecule has 1 aromatic heterocycles. The van der Waals surface area contributed by atoms with Crippen LogP contribution in [0.1, 0.15) is 56.2 Å². The summed E-state index contributed by atoms with van der Waals surface area (Å²) < 4.78 is 38.4. The van der Waals surface area contributed by atoms with Gasteiger partial charge >= 0.3 is 6.18 Å². The predicted octanol–water partition coefficient (Wildman–Crippen LogP) is 6.73. The number of anilines is 2. The van der Waals surface area contributed by atoms with Crippen LogP contribution in [0.15, 0.2) is 78.1 Å². The van der Waals surface area contributed by atoms with E-state index in [-0.39, 0.29) is 23.3 Å². The third-order valence-corrected chi connectivity index (χ3v) is 7.75. The van der Waals surface area contributed by atoms with E-state index < -0.39 is 11.7 Å². The van der Waals surface area contributed by atoms with Crippen molar-refractivity contribution in [3.05, 3.63) is 95.0 Å². The minimum Gasteiger partial charge on any atom is -0.372 e. The Kier molecular flexibility index (Phi) is 11.4. The van der Waals surface area contributed by atoms with Gasteiger partial charge in [-0.1, -0.05) is 30.3 Å². The van der Waals surface area contributed by atoms with Crippen molar-refractivity contribution in [2.75, 3.05) is 36.5 Å². The zero-order valence-corrected chi connectivity index (χ0v) is 26.0. The highest BCUT2D eigenvalue weighted by atomic mass is 19.4. The number of nitrogens with one attached hydrogen (secondary N) is 2. The van der Waals surface area contributed by atoms with Crippen LogP contribution in [-0.4, -0.2) is 71.5 Å².